The van der Waals surface area contributed by atoms with Crippen LogP contribution in [0.25, 0.3) is 20.5 Å². The van der Waals surface area contributed by atoms with Crippen molar-refractivity contribution in [2.24, 2.45) is 0 Å². The van der Waals surface area contributed by atoms with Crippen LogP contribution >= 0.6 is 23.7 Å². The number of rotatable bonds is 9. The van der Waals surface area contributed by atoms with Gasteiger partial charge in [0.25, 0.3) is 0 Å². The van der Waals surface area contributed by atoms with Crippen LogP contribution in [0.4, 0.5) is 0 Å². The first-order chi connectivity index (χ1) is 17.2. The highest BCUT2D eigenvalue weighted by Gasteiger charge is 2.16. The Balaban J connectivity index is 0.00000304. The highest BCUT2D eigenvalue weighted by molar-refractivity contribution is 7.22. The van der Waals surface area contributed by atoms with Crippen molar-refractivity contribution in [3.63, 3.8) is 0 Å². The normalized spacial score (nSPS) is 13.8. The zero-order valence-corrected chi connectivity index (χ0v) is 22.6. The molecule has 2 heterocycles. The number of nitrogens with zero attached hydrogens (tertiary/aromatic N) is 1. The SMILES string of the molecule is COc1ccc(-c2sc3cc(OC)ccc3c2Cc2ccc(OCCN3CCCCC3)cc2)cc1.Cl. The summed E-state index contributed by atoms with van der Waals surface area (Å²) < 4.78 is 18.1. The molecule has 1 aliphatic rings. The van der Waals surface area contributed by atoms with Gasteiger partial charge < -0.3 is 14.2 Å². The number of hydrogen-bond donors (Lipinski definition) is 0. The number of benzene rings is 3. The highest BCUT2D eigenvalue weighted by Crippen LogP contribution is 2.41. The number of methoxy groups -OCH3 is 2. The molecule has 0 bridgehead atoms. The molecule has 0 amide bonds. The molecule has 1 saturated heterocycles. The largest absolute Gasteiger partial charge is 0.497 e. The van der Waals surface area contributed by atoms with E-state index in [1.165, 1.54) is 64.0 Å². The molecule has 6 heteroatoms. The average Bonchev–Trinajstić information content (AvgIpc) is 3.27. The molecule has 4 nitrogen and oxygen atoms in total. The second-order valence-electron chi connectivity index (χ2n) is 9.07. The Labute approximate surface area is 224 Å². The maximum absolute atomic E-state index is 6.04. The molecule has 0 aliphatic carbocycles. The lowest BCUT2D eigenvalue weighted by Gasteiger charge is -2.26. The first-order valence-corrected chi connectivity index (χ1v) is 13.2. The van der Waals surface area contributed by atoms with Gasteiger partial charge in [0.2, 0.25) is 0 Å². The van der Waals surface area contributed by atoms with Crippen LogP contribution in [0.5, 0.6) is 17.2 Å². The summed E-state index contributed by atoms with van der Waals surface area (Å²) in [6.07, 6.45) is 4.86. The molecule has 0 saturated carbocycles. The van der Waals surface area contributed by atoms with Crippen LogP contribution in [0.3, 0.4) is 0 Å². The summed E-state index contributed by atoms with van der Waals surface area (Å²) in [6, 6.07) is 23.3. The lowest BCUT2D eigenvalue weighted by molar-refractivity contribution is 0.183. The van der Waals surface area contributed by atoms with Crippen molar-refractivity contribution >= 4 is 33.8 Å². The van der Waals surface area contributed by atoms with Crippen molar-refractivity contribution in [1.82, 2.24) is 4.90 Å². The van der Waals surface area contributed by atoms with E-state index in [-0.39, 0.29) is 12.4 Å². The molecule has 0 unspecified atom stereocenters. The number of likely N-dealkylation sites (tertiary alicyclic amines) is 1. The number of hydrogen-bond acceptors (Lipinski definition) is 5. The maximum Gasteiger partial charge on any atom is 0.120 e. The second kappa shape index (κ2) is 12.5. The van der Waals surface area contributed by atoms with E-state index >= 15 is 0 Å². The summed E-state index contributed by atoms with van der Waals surface area (Å²) in [4.78, 5) is 3.80. The number of fused-ring (bicyclic) bond motifs is 1. The fourth-order valence-corrected chi connectivity index (χ4v) is 6.05. The summed E-state index contributed by atoms with van der Waals surface area (Å²) in [6.45, 7) is 4.17. The van der Waals surface area contributed by atoms with Crippen LogP contribution in [0, 0.1) is 0 Å². The third kappa shape index (κ3) is 6.15. The molecule has 190 valence electrons. The van der Waals surface area contributed by atoms with Crippen molar-refractivity contribution in [2.75, 3.05) is 40.5 Å². The Morgan fingerprint density at radius 1 is 0.778 bits per heavy atom. The van der Waals surface area contributed by atoms with Crippen LogP contribution < -0.4 is 14.2 Å². The Kier molecular flexibility index (Phi) is 9.13. The zero-order chi connectivity index (χ0) is 24.0. The smallest absolute Gasteiger partial charge is 0.120 e. The number of ether oxygens (including phenoxy) is 3. The van der Waals surface area contributed by atoms with Crippen molar-refractivity contribution < 1.29 is 14.2 Å². The molecule has 36 heavy (non-hydrogen) atoms. The van der Waals surface area contributed by atoms with Crippen LogP contribution in [-0.2, 0) is 6.42 Å². The van der Waals surface area contributed by atoms with Crippen molar-refractivity contribution in [3.8, 4) is 27.7 Å². The third-order valence-electron chi connectivity index (χ3n) is 6.78. The average molecular weight is 524 g/mol. The zero-order valence-electron chi connectivity index (χ0n) is 21.0. The van der Waals surface area contributed by atoms with E-state index < -0.39 is 0 Å². The minimum absolute atomic E-state index is 0. The van der Waals surface area contributed by atoms with Gasteiger partial charge in [0, 0.05) is 16.1 Å². The predicted octanol–water partition coefficient (Wildman–Crippen LogP) is 7.46. The van der Waals surface area contributed by atoms with E-state index in [2.05, 4.69) is 59.5 Å². The van der Waals surface area contributed by atoms with Gasteiger partial charge in [-0.1, -0.05) is 18.6 Å². The van der Waals surface area contributed by atoms with Crippen molar-refractivity contribution in [3.05, 3.63) is 77.9 Å². The van der Waals surface area contributed by atoms with Gasteiger partial charge in [-0.15, -0.1) is 23.7 Å². The minimum Gasteiger partial charge on any atom is -0.497 e. The lowest BCUT2D eigenvalue weighted by Crippen LogP contribution is -2.33. The van der Waals surface area contributed by atoms with E-state index in [9.17, 15) is 0 Å². The summed E-state index contributed by atoms with van der Waals surface area (Å²) in [5, 5.41) is 1.28. The monoisotopic (exact) mass is 523 g/mol. The van der Waals surface area contributed by atoms with Gasteiger partial charge in [0.1, 0.15) is 23.9 Å². The Morgan fingerprint density at radius 2 is 1.44 bits per heavy atom. The molecular weight excluding hydrogens is 490 g/mol. The van der Waals surface area contributed by atoms with Crippen LogP contribution in [-0.4, -0.2) is 45.4 Å². The van der Waals surface area contributed by atoms with Gasteiger partial charge in [-0.2, -0.15) is 0 Å². The molecule has 0 atom stereocenters. The summed E-state index contributed by atoms with van der Waals surface area (Å²) in [5.74, 6) is 2.70. The van der Waals surface area contributed by atoms with Gasteiger partial charge in [0.15, 0.2) is 0 Å². The molecule has 1 fully saturated rings. The maximum atomic E-state index is 6.04. The van der Waals surface area contributed by atoms with Gasteiger partial charge >= 0.3 is 0 Å². The summed E-state index contributed by atoms with van der Waals surface area (Å²) in [5.41, 5.74) is 3.83. The minimum atomic E-state index is 0. The van der Waals surface area contributed by atoms with E-state index in [0.29, 0.717) is 0 Å². The highest BCUT2D eigenvalue weighted by atomic mass is 35.5. The molecule has 3 aromatic carbocycles. The molecule has 0 N–H and O–H groups in total. The first-order valence-electron chi connectivity index (χ1n) is 12.4. The quantitative estimate of drug-likeness (QED) is 0.228. The number of halogens is 1. The van der Waals surface area contributed by atoms with Crippen molar-refractivity contribution in [2.45, 2.75) is 25.7 Å². The Bertz CT molecular complexity index is 1250. The fraction of sp³-hybridized carbons (Fsp3) is 0.333. The first kappa shape index (κ1) is 26.3. The van der Waals surface area contributed by atoms with Gasteiger partial charge in [-0.05, 0) is 109 Å². The van der Waals surface area contributed by atoms with Crippen LogP contribution in [0.2, 0.25) is 0 Å². The van der Waals surface area contributed by atoms with Gasteiger partial charge in [-0.3, -0.25) is 4.90 Å². The predicted molar refractivity (Wildman–Crippen MR) is 153 cm³/mol. The van der Waals surface area contributed by atoms with Crippen LogP contribution in [0.1, 0.15) is 30.4 Å². The molecule has 0 spiro atoms. The summed E-state index contributed by atoms with van der Waals surface area (Å²) in [7, 11) is 3.42. The van der Waals surface area contributed by atoms with Gasteiger partial charge in [-0.25, -0.2) is 0 Å². The molecular formula is C30H34ClNO3S. The van der Waals surface area contributed by atoms with E-state index in [1.807, 2.05) is 23.5 Å². The molecule has 1 aromatic heterocycles. The lowest BCUT2D eigenvalue weighted by atomic mass is 9.99. The molecule has 5 rings (SSSR count). The van der Waals surface area contributed by atoms with Crippen molar-refractivity contribution in [1.29, 1.82) is 0 Å². The second-order valence-corrected chi connectivity index (χ2v) is 10.1. The number of thiophene rings is 1. The molecule has 0 radical (unpaired) electrons. The van der Waals surface area contributed by atoms with E-state index in [4.69, 9.17) is 14.2 Å². The molecule has 4 aromatic rings. The van der Waals surface area contributed by atoms with Crippen LogP contribution in [0.15, 0.2) is 66.7 Å². The topological polar surface area (TPSA) is 30.9 Å². The number of piperidine rings is 1. The summed E-state index contributed by atoms with van der Waals surface area (Å²) >= 11 is 1.82. The fourth-order valence-electron chi connectivity index (χ4n) is 4.79. The Hall–Kier alpha value is -2.73. The van der Waals surface area contributed by atoms with E-state index in [0.717, 1.165) is 36.8 Å². The van der Waals surface area contributed by atoms with Gasteiger partial charge in [0.05, 0.1) is 14.2 Å². The molecule has 1 aliphatic heterocycles. The van der Waals surface area contributed by atoms with E-state index in [1.54, 1.807) is 14.2 Å². The Morgan fingerprint density at radius 3 is 2.14 bits per heavy atom. The standard InChI is InChI=1S/C30H33NO3S.ClH/c1-32-24-12-8-23(9-13-24)30-28(27-15-14-26(33-2)21-29(27)35-30)20-22-6-10-25(11-7-22)34-19-18-31-16-4-3-5-17-31;/h6-15,21H,3-5,16-20H2,1-2H3;1H. The third-order valence-corrected chi connectivity index (χ3v) is 8.03.